The Bertz CT molecular complexity index is 648. The summed E-state index contributed by atoms with van der Waals surface area (Å²) in [6.07, 6.45) is 4.78. The van der Waals surface area contributed by atoms with Crippen LogP contribution in [0, 0.1) is 5.82 Å². The van der Waals surface area contributed by atoms with E-state index in [0.717, 1.165) is 12.0 Å². The molecule has 0 saturated heterocycles. The Labute approximate surface area is 142 Å². The van der Waals surface area contributed by atoms with Gasteiger partial charge in [-0.25, -0.2) is 9.18 Å². The molecule has 24 heavy (non-hydrogen) atoms. The molecular weight excluding hydrogens is 305 g/mol. The predicted molar refractivity (Wildman–Crippen MR) is 93.0 cm³/mol. The van der Waals surface area contributed by atoms with Crippen molar-refractivity contribution in [2.45, 2.75) is 39.3 Å². The molecule has 1 unspecified atom stereocenters. The predicted octanol–water partition coefficient (Wildman–Crippen LogP) is 3.77. The van der Waals surface area contributed by atoms with Gasteiger partial charge in [-0.1, -0.05) is 31.2 Å². The molecule has 0 fully saturated rings. The Hall–Kier alpha value is -2.43. The van der Waals surface area contributed by atoms with Gasteiger partial charge in [0.1, 0.15) is 5.82 Å². The van der Waals surface area contributed by atoms with E-state index in [1.807, 2.05) is 32.0 Å². The van der Waals surface area contributed by atoms with Gasteiger partial charge in [0.05, 0.1) is 0 Å². The lowest BCUT2D eigenvalue weighted by Gasteiger charge is -2.25. The molecule has 2 rings (SSSR count). The van der Waals surface area contributed by atoms with Crippen LogP contribution < -0.4 is 5.32 Å². The topological polar surface area (TPSA) is 45.2 Å². The van der Waals surface area contributed by atoms with Gasteiger partial charge in [0.25, 0.3) is 0 Å². The van der Waals surface area contributed by atoms with Crippen molar-refractivity contribution in [2.24, 2.45) is 0 Å². The molecule has 1 aromatic heterocycles. The summed E-state index contributed by atoms with van der Waals surface area (Å²) < 4.78 is 13.8. The number of nitrogens with zero attached hydrogens (tertiary/aromatic N) is 2. The SMILES string of the molecule is CCC(C)NC(=O)N(CCc1ccccc1F)Cc1cccnc1. The highest BCUT2D eigenvalue weighted by atomic mass is 19.1. The number of benzene rings is 1. The van der Waals surface area contributed by atoms with Crippen molar-refractivity contribution in [1.82, 2.24) is 15.2 Å². The summed E-state index contributed by atoms with van der Waals surface area (Å²) in [6.45, 7) is 4.88. The molecule has 1 heterocycles. The standard InChI is InChI=1S/C19H24FN3O/c1-3-15(2)22-19(24)23(14-16-7-6-11-21-13-16)12-10-17-8-4-5-9-18(17)20/h4-9,11,13,15H,3,10,12,14H2,1-2H3,(H,22,24). The molecular formula is C19H24FN3O. The zero-order valence-corrected chi connectivity index (χ0v) is 14.2. The van der Waals surface area contributed by atoms with Gasteiger partial charge in [0.2, 0.25) is 0 Å². The Morgan fingerprint density at radius 1 is 1.29 bits per heavy atom. The van der Waals surface area contributed by atoms with Crippen molar-refractivity contribution in [1.29, 1.82) is 0 Å². The van der Waals surface area contributed by atoms with Crippen molar-refractivity contribution >= 4 is 6.03 Å². The van der Waals surface area contributed by atoms with Gasteiger partial charge in [-0.05, 0) is 43.0 Å². The Balaban J connectivity index is 2.07. The number of amides is 2. The van der Waals surface area contributed by atoms with E-state index in [9.17, 15) is 9.18 Å². The second kappa shape index (κ2) is 9.01. The smallest absolute Gasteiger partial charge is 0.317 e. The first-order chi connectivity index (χ1) is 11.6. The Kier molecular flexibility index (Phi) is 6.73. The lowest BCUT2D eigenvalue weighted by atomic mass is 10.1. The third kappa shape index (κ3) is 5.33. The van der Waals surface area contributed by atoms with Crippen molar-refractivity contribution in [2.75, 3.05) is 6.54 Å². The maximum absolute atomic E-state index is 13.8. The lowest BCUT2D eigenvalue weighted by molar-refractivity contribution is 0.192. The maximum atomic E-state index is 13.8. The molecule has 0 aliphatic carbocycles. The van der Waals surface area contributed by atoms with E-state index in [1.165, 1.54) is 6.07 Å². The number of carbonyl (C=O) groups is 1. The van der Waals surface area contributed by atoms with Crippen LogP contribution in [0.15, 0.2) is 48.8 Å². The van der Waals surface area contributed by atoms with E-state index in [4.69, 9.17) is 0 Å². The van der Waals surface area contributed by atoms with Crippen LogP contribution in [0.5, 0.6) is 0 Å². The summed E-state index contributed by atoms with van der Waals surface area (Å²) in [6, 6.07) is 10.4. The van der Waals surface area contributed by atoms with Crippen LogP contribution in [-0.2, 0) is 13.0 Å². The summed E-state index contributed by atoms with van der Waals surface area (Å²) in [7, 11) is 0. The van der Waals surface area contributed by atoms with Crippen LogP contribution in [0.2, 0.25) is 0 Å². The molecule has 0 radical (unpaired) electrons. The first-order valence-electron chi connectivity index (χ1n) is 8.28. The monoisotopic (exact) mass is 329 g/mol. The number of rotatable bonds is 7. The van der Waals surface area contributed by atoms with Crippen LogP contribution in [0.25, 0.3) is 0 Å². The molecule has 1 N–H and O–H groups in total. The molecule has 5 heteroatoms. The zero-order chi connectivity index (χ0) is 17.4. The molecule has 0 spiro atoms. The molecule has 0 aliphatic rings. The van der Waals surface area contributed by atoms with Crippen molar-refractivity contribution < 1.29 is 9.18 Å². The van der Waals surface area contributed by atoms with Gasteiger partial charge in [0, 0.05) is 31.5 Å². The highest BCUT2D eigenvalue weighted by Gasteiger charge is 2.16. The number of aromatic nitrogens is 1. The molecule has 1 aromatic carbocycles. The van der Waals surface area contributed by atoms with Crippen LogP contribution in [0.4, 0.5) is 9.18 Å². The van der Waals surface area contributed by atoms with Gasteiger partial charge in [-0.2, -0.15) is 0 Å². The normalized spacial score (nSPS) is 11.8. The third-order valence-electron chi connectivity index (χ3n) is 3.97. The molecule has 128 valence electrons. The average Bonchev–Trinajstić information content (AvgIpc) is 2.60. The zero-order valence-electron chi connectivity index (χ0n) is 14.2. The van der Waals surface area contributed by atoms with Crippen LogP contribution in [0.1, 0.15) is 31.4 Å². The number of hydrogen-bond donors (Lipinski definition) is 1. The summed E-state index contributed by atoms with van der Waals surface area (Å²) >= 11 is 0. The minimum atomic E-state index is -0.235. The van der Waals surface area contributed by atoms with Gasteiger partial charge < -0.3 is 10.2 Å². The molecule has 4 nitrogen and oxygen atoms in total. The average molecular weight is 329 g/mol. The van der Waals surface area contributed by atoms with E-state index in [1.54, 1.807) is 29.4 Å². The number of pyridine rings is 1. The van der Waals surface area contributed by atoms with Crippen LogP contribution in [0.3, 0.4) is 0 Å². The number of nitrogens with one attached hydrogen (secondary N) is 1. The number of hydrogen-bond acceptors (Lipinski definition) is 2. The minimum absolute atomic E-state index is 0.0994. The second-order valence-corrected chi connectivity index (χ2v) is 5.88. The number of carbonyl (C=O) groups excluding carboxylic acids is 1. The van der Waals surface area contributed by atoms with Gasteiger partial charge in [-0.15, -0.1) is 0 Å². The van der Waals surface area contributed by atoms with Crippen molar-refractivity contribution in [3.05, 3.63) is 65.7 Å². The minimum Gasteiger partial charge on any atom is -0.336 e. The highest BCUT2D eigenvalue weighted by Crippen LogP contribution is 2.10. The molecule has 2 aromatic rings. The fourth-order valence-electron chi connectivity index (χ4n) is 2.33. The summed E-state index contributed by atoms with van der Waals surface area (Å²) in [4.78, 5) is 18.3. The largest absolute Gasteiger partial charge is 0.336 e. The van der Waals surface area contributed by atoms with E-state index in [2.05, 4.69) is 10.3 Å². The molecule has 0 aliphatic heterocycles. The van der Waals surface area contributed by atoms with E-state index < -0.39 is 0 Å². The van der Waals surface area contributed by atoms with Gasteiger partial charge in [-0.3, -0.25) is 4.98 Å². The Morgan fingerprint density at radius 3 is 2.75 bits per heavy atom. The van der Waals surface area contributed by atoms with Gasteiger partial charge >= 0.3 is 6.03 Å². The first kappa shape index (κ1) is 17.9. The summed E-state index contributed by atoms with van der Waals surface area (Å²) in [5, 5.41) is 2.97. The molecule has 0 saturated carbocycles. The first-order valence-corrected chi connectivity index (χ1v) is 8.28. The van der Waals surface area contributed by atoms with Crippen molar-refractivity contribution in [3.63, 3.8) is 0 Å². The van der Waals surface area contributed by atoms with E-state index in [-0.39, 0.29) is 17.9 Å². The Morgan fingerprint density at radius 2 is 2.08 bits per heavy atom. The molecule has 1 atom stereocenters. The molecule has 2 amide bonds. The summed E-state index contributed by atoms with van der Waals surface area (Å²) in [5.41, 5.74) is 1.57. The molecule has 0 bridgehead atoms. The van der Waals surface area contributed by atoms with Crippen LogP contribution >= 0.6 is 0 Å². The number of halogens is 1. The van der Waals surface area contributed by atoms with E-state index >= 15 is 0 Å². The highest BCUT2D eigenvalue weighted by molar-refractivity contribution is 5.74. The van der Waals surface area contributed by atoms with E-state index in [0.29, 0.717) is 25.1 Å². The quantitative estimate of drug-likeness (QED) is 0.840. The van der Waals surface area contributed by atoms with Gasteiger partial charge in [0.15, 0.2) is 0 Å². The fourth-order valence-corrected chi connectivity index (χ4v) is 2.33. The second-order valence-electron chi connectivity index (χ2n) is 5.88. The fraction of sp³-hybridized carbons (Fsp3) is 0.368. The summed E-state index contributed by atoms with van der Waals surface area (Å²) in [5.74, 6) is -0.235. The third-order valence-corrected chi connectivity index (χ3v) is 3.97. The maximum Gasteiger partial charge on any atom is 0.317 e. The lowest BCUT2D eigenvalue weighted by Crippen LogP contribution is -2.44. The number of urea groups is 1. The van der Waals surface area contributed by atoms with Crippen LogP contribution in [-0.4, -0.2) is 28.5 Å². The van der Waals surface area contributed by atoms with Crippen molar-refractivity contribution in [3.8, 4) is 0 Å².